The van der Waals surface area contributed by atoms with Gasteiger partial charge in [0.05, 0.1) is 0 Å². The lowest BCUT2D eigenvalue weighted by atomic mass is 9.66. The Hall–Kier alpha value is -2.27. The lowest BCUT2D eigenvalue weighted by Gasteiger charge is -2.31. The van der Waals surface area contributed by atoms with Crippen molar-refractivity contribution in [2.75, 3.05) is 0 Å². The van der Waals surface area contributed by atoms with Crippen LogP contribution in [0.25, 0.3) is 0 Å². The van der Waals surface area contributed by atoms with Gasteiger partial charge < -0.3 is 39.6 Å². The summed E-state index contributed by atoms with van der Waals surface area (Å²) < 4.78 is 7.72. The fourth-order valence-electron chi connectivity index (χ4n) is 1.41. The number of hydrogen-bond donors (Lipinski definition) is 6. The minimum atomic E-state index is -3.83. The highest BCUT2D eigenvalue weighted by atomic mass is 16.7. The summed E-state index contributed by atoms with van der Waals surface area (Å²) in [6.45, 7) is -7.66. The third kappa shape index (κ3) is 3.86. The largest absolute Gasteiger partial charge is 0.607 e. The summed E-state index contributed by atoms with van der Waals surface area (Å²) in [4.78, 5) is 20.5. The Morgan fingerprint density at radius 1 is 0.750 bits per heavy atom. The molecule has 1 aromatic carbocycles. The van der Waals surface area contributed by atoms with Crippen molar-refractivity contribution < 1.29 is 49.2 Å². The highest BCUT2D eigenvalue weighted by Crippen LogP contribution is 2.02. The van der Waals surface area contributed by atoms with Gasteiger partial charge in [-0.3, -0.25) is 0 Å². The van der Waals surface area contributed by atoms with Crippen LogP contribution in [-0.2, 0) is 9.31 Å². The van der Waals surface area contributed by atoms with Crippen molar-refractivity contribution in [3.05, 3.63) is 24.3 Å². The SMILES string of the molecule is O=C(O)O[B-](O)(O)c1ccc([B-](O)(O)OC(=O)O)cc1. The lowest BCUT2D eigenvalue weighted by Crippen LogP contribution is -2.55. The summed E-state index contributed by atoms with van der Waals surface area (Å²) in [5.41, 5.74) is -0.754. The molecule has 0 atom stereocenters. The first-order chi connectivity index (χ1) is 9.04. The molecule has 0 aliphatic heterocycles. The van der Waals surface area contributed by atoms with Gasteiger partial charge in [0.2, 0.25) is 0 Å². The summed E-state index contributed by atoms with van der Waals surface area (Å²) in [5, 5.41) is 54.1. The first-order valence-corrected chi connectivity index (χ1v) is 5.17. The molecule has 10 nitrogen and oxygen atoms in total. The Labute approximate surface area is 111 Å². The molecule has 0 spiro atoms. The van der Waals surface area contributed by atoms with E-state index in [1.54, 1.807) is 0 Å². The maximum atomic E-state index is 10.2. The highest BCUT2D eigenvalue weighted by molar-refractivity contribution is 6.75. The van der Waals surface area contributed by atoms with Gasteiger partial charge >= 0.3 is 25.8 Å². The van der Waals surface area contributed by atoms with E-state index in [0.717, 1.165) is 24.3 Å². The fraction of sp³-hybridized carbons (Fsp3) is 0. The van der Waals surface area contributed by atoms with Gasteiger partial charge in [-0.2, -0.15) is 0 Å². The predicted octanol–water partition coefficient (Wildman–Crippen LogP) is -2.66. The van der Waals surface area contributed by atoms with E-state index in [1.807, 2.05) is 0 Å². The van der Waals surface area contributed by atoms with Gasteiger partial charge in [0.1, 0.15) is 0 Å². The Bertz CT molecular complexity index is 463. The van der Waals surface area contributed by atoms with E-state index >= 15 is 0 Å². The molecule has 0 heterocycles. The molecular formula is C8H10B2O10-2. The van der Waals surface area contributed by atoms with Crippen LogP contribution in [-0.4, -0.2) is 56.1 Å². The van der Waals surface area contributed by atoms with Crippen LogP contribution in [0.1, 0.15) is 0 Å². The minimum Gasteiger partial charge on any atom is -0.607 e. The van der Waals surface area contributed by atoms with E-state index in [1.165, 1.54) is 0 Å². The maximum Gasteiger partial charge on any atom is 0.465 e. The topological polar surface area (TPSA) is 174 Å². The second-order valence-corrected chi connectivity index (χ2v) is 3.84. The van der Waals surface area contributed by atoms with Gasteiger partial charge in [-0.1, -0.05) is 24.3 Å². The summed E-state index contributed by atoms with van der Waals surface area (Å²) in [6.07, 6.45) is -3.84. The Kier molecular flexibility index (Phi) is 4.25. The smallest absolute Gasteiger partial charge is 0.465 e. The Balaban J connectivity index is 2.99. The Morgan fingerprint density at radius 2 is 1.00 bits per heavy atom. The first kappa shape index (κ1) is 15.8. The van der Waals surface area contributed by atoms with E-state index in [4.69, 9.17) is 10.2 Å². The van der Waals surface area contributed by atoms with Crippen LogP contribution in [0, 0.1) is 0 Å². The average molecular weight is 288 g/mol. The predicted molar refractivity (Wildman–Crippen MR) is 64.3 cm³/mol. The van der Waals surface area contributed by atoms with Crippen LogP contribution in [0.5, 0.6) is 0 Å². The molecule has 1 aromatic rings. The van der Waals surface area contributed by atoms with E-state index in [2.05, 4.69) is 9.31 Å². The quantitative estimate of drug-likeness (QED) is 0.321. The molecule has 0 fully saturated rings. The zero-order valence-corrected chi connectivity index (χ0v) is 9.78. The third-order valence-corrected chi connectivity index (χ3v) is 2.34. The molecule has 0 aromatic heterocycles. The zero-order valence-electron chi connectivity index (χ0n) is 9.78. The standard InChI is InChI=1S/C8H10B2O10/c11-7(12)19-9(15,16)5-1-2-6(4-3-5)10(17,18)20-8(13)14/h1-4,15-18H,(H,11,12)(H,13,14)/q-2. The van der Waals surface area contributed by atoms with Crippen molar-refractivity contribution in [2.24, 2.45) is 0 Å². The molecule has 0 aliphatic rings. The van der Waals surface area contributed by atoms with E-state index in [9.17, 15) is 29.7 Å². The van der Waals surface area contributed by atoms with Crippen molar-refractivity contribution in [1.82, 2.24) is 0 Å². The summed E-state index contributed by atoms with van der Waals surface area (Å²) in [6, 6.07) is 3.64. The molecule has 0 unspecified atom stereocenters. The number of carboxylic acid groups (broad SMARTS) is 2. The molecule has 0 saturated heterocycles. The maximum absolute atomic E-state index is 10.2. The molecule has 0 radical (unpaired) electrons. The van der Waals surface area contributed by atoms with E-state index in [-0.39, 0.29) is 10.9 Å². The monoisotopic (exact) mass is 288 g/mol. The molecule has 0 amide bonds. The van der Waals surface area contributed by atoms with Crippen molar-refractivity contribution in [3.63, 3.8) is 0 Å². The van der Waals surface area contributed by atoms with Gasteiger partial charge in [0, 0.05) is 0 Å². The average Bonchev–Trinajstić information content (AvgIpc) is 2.25. The first-order valence-electron chi connectivity index (χ1n) is 5.17. The lowest BCUT2D eigenvalue weighted by molar-refractivity contribution is 0.109. The number of benzene rings is 1. The van der Waals surface area contributed by atoms with Crippen LogP contribution >= 0.6 is 0 Å². The van der Waals surface area contributed by atoms with Crippen LogP contribution in [0.3, 0.4) is 0 Å². The van der Waals surface area contributed by atoms with Crippen LogP contribution in [0.15, 0.2) is 24.3 Å². The number of rotatable bonds is 4. The third-order valence-electron chi connectivity index (χ3n) is 2.34. The molecule has 6 N–H and O–H groups in total. The van der Waals surface area contributed by atoms with Crippen molar-refractivity contribution in [3.8, 4) is 0 Å². The zero-order chi connectivity index (χ0) is 15.6. The molecular weight excluding hydrogens is 278 g/mol. The van der Waals surface area contributed by atoms with Crippen molar-refractivity contribution in [2.45, 2.75) is 0 Å². The number of carbonyl (C=O) groups is 2. The number of hydrogen-bond acceptors (Lipinski definition) is 8. The fourth-order valence-corrected chi connectivity index (χ4v) is 1.41. The van der Waals surface area contributed by atoms with E-state index < -0.39 is 25.8 Å². The van der Waals surface area contributed by atoms with Crippen LogP contribution < -0.4 is 10.9 Å². The molecule has 0 aliphatic carbocycles. The van der Waals surface area contributed by atoms with Crippen molar-refractivity contribution in [1.29, 1.82) is 0 Å². The second-order valence-electron chi connectivity index (χ2n) is 3.84. The van der Waals surface area contributed by atoms with Gasteiger partial charge in [-0.15, -0.1) is 10.9 Å². The van der Waals surface area contributed by atoms with Gasteiger partial charge in [0.25, 0.3) is 0 Å². The highest BCUT2D eigenvalue weighted by Gasteiger charge is 2.30. The molecule has 20 heavy (non-hydrogen) atoms. The van der Waals surface area contributed by atoms with Gasteiger partial charge in [0.15, 0.2) is 0 Å². The summed E-state index contributed by atoms with van der Waals surface area (Å²) >= 11 is 0. The second kappa shape index (κ2) is 5.38. The molecule has 0 saturated carbocycles. The Morgan fingerprint density at radius 3 is 1.20 bits per heavy atom. The molecule has 1 rings (SSSR count). The normalized spacial score (nSPS) is 11.8. The minimum absolute atomic E-state index is 0.377. The van der Waals surface area contributed by atoms with Crippen LogP contribution in [0.2, 0.25) is 0 Å². The summed E-state index contributed by atoms with van der Waals surface area (Å²) in [7, 11) is 0. The van der Waals surface area contributed by atoms with Gasteiger partial charge in [-0.25, -0.2) is 9.59 Å². The van der Waals surface area contributed by atoms with E-state index in [0.29, 0.717) is 0 Å². The molecule has 0 bridgehead atoms. The van der Waals surface area contributed by atoms with Gasteiger partial charge in [-0.05, 0) is 0 Å². The van der Waals surface area contributed by atoms with Crippen LogP contribution in [0.4, 0.5) is 9.59 Å². The molecule has 110 valence electrons. The van der Waals surface area contributed by atoms with Crippen molar-refractivity contribution >= 4 is 36.7 Å². The summed E-state index contributed by atoms with van der Waals surface area (Å²) in [5.74, 6) is 0. The molecule has 12 heteroatoms.